The molecule has 6 aromatic rings. The van der Waals surface area contributed by atoms with Gasteiger partial charge in [0.15, 0.2) is 11.7 Å². The van der Waals surface area contributed by atoms with Gasteiger partial charge in [-0.3, -0.25) is 14.8 Å². The van der Waals surface area contributed by atoms with E-state index in [1.165, 1.54) is 12.1 Å². The molecule has 0 bridgehead atoms. The van der Waals surface area contributed by atoms with E-state index in [9.17, 15) is 18.7 Å². The van der Waals surface area contributed by atoms with Gasteiger partial charge >= 0.3 is 0 Å². The monoisotopic (exact) mass is 810 g/mol. The van der Waals surface area contributed by atoms with E-state index in [0.29, 0.717) is 33.4 Å². The summed E-state index contributed by atoms with van der Waals surface area (Å²) in [5.41, 5.74) is 2.21. The minimum absolute atomic E-state index is 0. The number of halogens is 2. The number of aliphatic hydroxyl groups excluding tert-OH is 1. The Morgan fingerprint density at radius 3 is 2.28 bits per heavy atom. The zero-order valence-corrected chi connectivity index (χ0v) is 29.1. The van der Waals surface area contributed by atoms with Crippen LogP contribution in [0.3, 0.4) is 0 Å². The Morgan fingerprint density at radius 1 is 0.872 bits per heavy atom. The zero-order chi connectivity index (χ0) is 32.5. The number of nitrogens with zero attached hydrogens (tertiary/aromatic N) is 2. The standard InChI is InChI=1S/C26H11F2N2O.C13H24O2.Ir/c27-14-10-18-16(21(28)11-14)6-5-15-17-7-8-29-25-20-9-13-3-1-2-4-22(13)30-26(20)31-23(24(17)25)12-19(15)18;1-5-10(6-2)12(14)9-13(15)11(7-3)8-4;/h1-8,10-12H;9-11,14H,5-8H2,1-4H3;/q-1;;/b;12-9-;. The van der Waals surface area contributed by atoms with Crippen LogP contribution in [0.15, 0.2) is 78.7 Å². The predicted molar refractivity (Wildman–Crippen MR) is 180 cm³/mol. The summed E-state index contributed by atoms with van der Waals surface area (Å²) in [6, 6.07) is 20.6. The Bertz CT molecular complexity index is 2160. The van der Waals surface area contributed by atoms with Gasteiger partial charge in [0.05, 0.1) is 5.76 Å². The van der Waals surface area contributed by atoms with Gasteiger partial charge < -0.3 is 9.84 Å². The fourth-order valence-corrected chi connectivity index (χ4v) is 6.33. The van der Waals surface area contributed by atoms with Crippen LogP contribution >= 0.6 is 0 Å². The molecular formula is C39H35F2IrN2O3-. The average molecular weight is 810 g/mol. The first-order chi connectivity index (χ1) is 22.3. The Balaban J connectivity index is 0.000000234. The molecule has 1 aliphatic rings. The van der Waals surface area contributed by atoms with Gasteiger partial charge in [0.2, 0.25) is 0 Å². The number of fused-ring (bicyclic) bond motifs is 7. The molecule has 1 radical (unpaired) electrons. The molecule has 0 unspecified atom stereocenters. The van der Waals surface area contributed by atoms with Crippen molar-refractivity contribution >= 4 is 49.0 Å². The number of ketones is 1. The SMILES string of the molecule is CCC(CC)C(=O)/C=C(\O)C(CC)CC.Fc1cc(F)c2ccc3c4ccnc5c4c(cc3c2c1)Oc1nc2ccccc2[c-]c1-5.[Ir]. The van der Waals surface area contributed by atoms with Gasteiger partial charge in [0.25, 0.3) is 0 Å². The van der Waals surface area contributed by atoms with Crippen LogP contribution in [0.4, 0.5) is 8.78 Å². The van der Waals surface area contributed by atoms with Gasteiger partial charge in [-0.1, -0.05) is 63.4 Å². The van der Waals surface area contributed by atoms with E-state index >= 15 is 0 Å². The molecule has 1 N–H and O–H groups in total. The topological polar surface area (TPSA) is 72.3 Å². The maximum Gasteiger partial charge on any atom is 0.162 e. The number of hydrogen-bond acceptors (Lipinski definition) is 5. The normalized spacial score (nSPS) is 12.2. The third kappa shape index (κ3) is 6.37. The number of aromatic nitrogens is 2. The molecule has 3 heterocycles. The molecule has 0 aliphatic carbocycles. The van der Waals surface area contributed by atoms with Gasteiger partial charge in [0, 0.05) is 66.7 Å². The molecule has 4 aromatic carbocycles. The van der Waals surface area contributed by atoms with Crippen molar-refractivity contribution < 1.29 is 43.5 Å². The van der Waals surface area contributed by atoms with Crippen LogP contribution in [0.5, 0.6) is 11.6 Å². The van der Waals surface area contributed by atoms with Gasteiger partial charge in [-0.25, -0.2) is 8.78 Å². The van der Waals surface area contributed by atoms with Gasteiger partial charge in [0.1, 0.15) is 17.4 Å². The van der Waals surface area contributed by atoms with Crippen molar-refractivity contribution in [3.8, 4) is 22.9 Å². The maximum absolute atomic E-state index is 14.4. The summed E-state index contributed by atoms with van der Waals surface area (Å²) in [5, 5.41) is 14.8. The van der Waals surface area contributed by atoms with Crippen molar-refractivity contribution in [3.05, 3.63) is 96.4 Å². The van der Waals surface area contributed by atoms with Crippen LogP contribution in [0.1, 0.15) is 53.4 Å². The molecule has 0 spiro atoms. The first-order valence-electron chi connectivity index (χ1n) is 15.9. The molecule has 243 valence electrons. The van der Waals surface area contributed by atoms with Gasteiger partial charge in [-0.15, -0.1) is 12.1 Å². The van der Waals surface area contributed by atoms with E-state index in [0.717, 1.165) is 64.5 Å². The van der Waals surface area contributed by atoms with E-state index in [1.807, 2.05) is 70.2 Å². The van der Waals surface area contributed by atoms with Gasteiger partial charge in [-0.05, 0) is 76.5 Å². The first kappa shape index (κ1) is 34.1. The van der Waals surface area contributed by atoms with Gasteiger partial charge in [-0.2, -0.15) is 0 Å². The number of ether oxygens (including phenoxy) is 1. The number of carbonyl (C=O) groups excluding carboxylic acids is 1. The fraction of sp³-hybridized carbons (Fsp3) is 0.256. The molecule has 2 aromatic heterocycles. The van der Waals surface area contributed by atoms with Crippen LogP contribution in [-0.2, 0) is 24.9 Å². The smallest absolute Gasteiger partial charge is 0.162 e. The Hall–Kier alpha value is -4.26. The van der Waals surface area contributed by atoms with Crippen LogP contribution < -0.4 is 4.74 Å². The number of hydrogen-bond donors (Lipinski definition) is 1. The molecule has 8 heteroatoms. The molecule has 5 nitrogen and oxygen atoms in total. The number of pyridine rings is 2. The minimum Gasteiger partial charge on any atom is -0.512 e. The average Bonchev–Trinajstić information content (AvgIpc) is 3.05. The predicted octanol–water partition coefficient (Wildman–Crippen LogP) is 10.8. The molecule has 7 rings (SSSR count). The number of carbonyl (C=O) groups is 1. The third-order valence-corrected chi connectivity index (χ3v) is 8.98. The van der Waals surface area contributed by atoms with Crippen molar-refractivity contribution in [2.45, 2.75) is 53.4 Å². The maximum atomic E-state index is 14.4. The molecule has 0 saturated heterocycles. The van der Waals surface area contributed by atoms with Crippen LogP contribution in [0.2, 0.25) is 0 Å². The second-order valence-corrected chi connectivity index (χ2v) is 11.6. The Kier molecular flexibility index (Phi) is 10.3. The van der Waals surface area contributed by atoms with E-state index in [4.69, 9.17) is 4.74 Å². The molecule has 47 heavy (non-hydrogen) atoms. The number of para-hydroxylation sites is 1. The van der Waals surface area contributed by atoms with Crippen LogP contribution in [-0.4, -0.2) is 20.9 Å². The minimum atomic E-state index is -0.615. The van der Waals surface area contributed by atoms with Crippen molar-refractivity contribution in [3.63, 3.8) is 0 Å². The molecule has 0 fully saturated rings. The second kappa shape index (κ2) is 14.2. The molecular weight excluding hydrogens is 775 g/mol. The summed E-state index contributed by atoms with van der Waals surface area (Å²) in [7, 11) is 0. The summed E-state index contributed by atoms with van der Waals surface area (Å²) in [5.74, 6) is 0.325. The largest absolute Gasteiger partial charge is 0.512 e. The van der Waals surface area contributed by atoms with Crippen molar-refractivity contribution in [1.29, 1.82) is 0 Å². The quantitative estimate of drug-likeness (QED) is 0.0751. The van der Waals surface area contributed by atoms with Crippen LogP contribution in [0, 0.1) is 29.5 Å². The Labute approximate surface area is 286 Å². The van der Waals surface area contributed by atoms with Crippen LogP contribution in [0.25, 0.3) is 54.5 Å². The van der Waals surface area contributed by atoms with Crippen molar-refractivity contribution in [1.82, 2.24) is 9.97 Å². The number of allylic oxidation sites excluding steroid dienone is 2. The third-order valence-electron chi connectivity index (χ3n) is 8.98. The van der Waals surface area contributed by atoms with E-state index < -0.39 is 11.6 Å². The number of rotatable bonds is 7. The molecule has 0 atom stereocenters. The second-order valence-electron chi connectivity index (χ2n) is 11.6. The number of benzene rings is 4. The summed E-state index contributed by atoms with van der Waals surface area (Å²) in [6.07, 6.45) is 6.64. The summed E-state index contributed by atoms with van der Waals surface area (Å²) < 4.78 is 34.6. The zero-order valence-electron chi connectivity index (χ0n) is 26.7. The fourth-order valence-electron chi connectivity index (χ4n) is 6.33. The van der Waals surface area contributed by atoms with Crippen molar-refractivity contribution in [2.24, 2.45) is 11.8 Å². The molecule has 0 saturated carbocycles. The number of aliphatic hydroxyl groups is 1. The summed E-state index contributed by atoms with van der Waals surface area (Å²) in [6.45, 7) is 8.07. The molecule has 0 amide bonds. The molecule has 1 aliphatic heterocycles. The van der Waals surface area contributed by atoms with E-state index in [2.05, 4.69) is 16.0 Å². The Morgan fingerprint density at radius 2 is 1.55 bits per heavy atom. The van der Waals surface area contributed by atoms with E-state index in [-0.39, 0.29) is 43.5 Å². The van der Waals surface area contributed by atoms with E-state index in [1.54, 1.807) is 12.3 Å². The summed E-state index contributed by atoms with van der Waals surface area (Å²) >= 11 is 0. The first-order valence-corrected chi connectivity index (χ1v) is 15.9. The summed E-state index contributed by atoms with van der Waals surface area (Å²) in [4.78, 5) is 21.0. The van der Waals surface area contributed by atoms with Crippen molar-refractivity contribution in [2.75, 3.05) is 0 Å².